The fourth-order valence-electron chi connectivity index (χ4n) is 1.02. The van der Waals surface area contributed by atoms with Crippen LogP contribution in [0.2, 0.25) is 0 Å². The summed E-state index contributed by atoms with van der Waals surface area (Å²) in [5.41, 5.74) is -0.0590. The molecule has 1 aromatic rings. The van der Waals surface area contributed by atoms with Crippen molar-refractivity contribution in [2.45, 2.75) is 0 Å². The molecule has 0 fully saturated rings. The number of carbonyl (C=O) groups excluding carboxylic acids is 1. The summed E-state index contributed by atoms with van der Waals surface area (Å²) in [5, 5.41) is 28.0. The second kappa shape index (κ2) is 4.88. The first-order valence-electron chi connectivity index (χ1n) is 4.34. The number of aliphatic carboxylic acids is 1. The fourth-order valence-corrected chi connectivity index (χ4v) is 1.02. The quantitative estimate of drug-likeness (QED) is 0.266. The molecule has 0 spiro atoms. The number of nitro benzene ring substituents is 1. The number of carbonyl (C=O) groups is 2. The van der Waals surface area contributed by atoms with Crippen molar-refractivity contribution < 1.29 is 24.7 Å². The van der Waals surface area contributed by atoms with Gasteiger partial charge in [-0.05, 0) is 12.1 Å². The number of nitrogens with zero attached hydrogens (tertiary/aromatic N) is 1. The molecule has 0 saturated heterocycles. The van der Waals surface area contributed by atoms with Gasteiger partial charge >= 0.3 is 5.97 Å². The van der Waals surface area contributed by atoms with E-state index < -0.39 is 22.4 Å². The Morgan fingerprint density at radius 2 is 1.71 bits per heavy atom. The third-order valence-electron chi connectivity index (χ3n) is 1.85. The lowest BCUT2D eigenvalue weighted by Crippen LogP contribution is -2.09. The number of hydrogen-bond donors (Lipinski definition) is 2. The van der Waals surface area contributed by atoms with Crippen LogP contribution in [0.25, 0.3) is 5.76 Å². The molecular weight excluding hydrogens is 230 g/mol. The average molecular weight is 237 g/mol. The molecule has 88 valence electrons. The van der Waals surface area contributed by atoms with Gasteiger partial charge in [0.05, 0.1) is 4.92 Å². The Kier molecular flexibility index (Phi) is 3.55. The number of benzene rings is 1. The van der Waals surface area contributed by atoms with E-state index >= 15 is 0 Å². The van der Waals surface area contributed by atoms with E-state index in [0.29, 0.717) is 6.08 Å². The van der Waals surface area contributed by atoms with E-state index in [0.717, 1.165) is 12.1 Å². The van der Waals surface area contributed by atoms with Crippen molar-refractivity contribution in [2.75, 3.05) is 0 Å². The number of aliphatic hydroxyl groups is 1. The molecule has 1 rings (SSSR count). The molecule has 7 nitrogen and oxygen atoms in total. The van der Waals surface area contributed by atoms with Gasteiger partial charge in [-0.25, -0.2) is 4.79 Å². The summed E-state index contributed by atoms with van der Waals surface area (Å²) in [4.78, 5) is 30.7. The van der Waals surface area contributed by atoms with E-state index in [1.165, 1.54) is 12.1 Å². The number of carboxylic acid groups (broad SMARTS) is 1. The van der Waals surface area contributed by atoms with Gasteiger partial charge in [0.2, 0.25) is 0 Å². The SMILES string of the molecule is O=C(O)C(=O)/C=C(/O)c1ccc([N+](=O)[O-])cc1. The molecule has 7 heteroatoms. The minimum atomic E-state index is -1.70. The van der Waals surface area contributed by atoms with Crippen molar-refractivity contribution >= 4 is 23.2 Å². The molecule has 0 heterocycles. The van der Waals surface area contributed by atoms with Crippen molar-refractivity contribution in [3.63, 3.8) is 0 Å². The molecule has 0 bridgehead atoms. The van der Waals surface area contributed by atoms with E-state index in [4.69, 9.17) is 5.11 Å². The molecule has 0 saturated carbocycles. The summed E-state index contributed by atoms with van der Waals surface area (Å²) in [6, 6.07) is 4.67. The Morgan fingerprint density at radius 3 is 2.12 bits per heavy atom. The first kappa shape index (κ1) is 12.4. The van der Waals surface area contributed by atoms with E-state index in [1.54, 1.807) is 0 Å². The number of rotatable bonds is 4. The zero-order valence-electron chi connectivity index (χ0n) is 8.36. The van der Waals surface area contributed by atoms with Gasteiger partial charge in [-0.1, -0.05) is 0 Å². The van der Waals surface area contributed by atoms with Crippen LogP contribution in [0.1, 0.15) is 5.56 Å². The number of aliphatic hydroxyl groups excluding tert-OH is 1. The van der Waals surface area contributed by atoms with Gasteiger partial charge in [0, 0.05) is 23.8 Å². The van der Waals surface area contributed by atoms with Crippen molar-refractivity contribution in [3.8, 4) is 0 Å². The number of ketones is 1. The van der Waals surface area contributed by atoms with E-state index in [2.05, 4.69) is 0 Å². The van der Waals surface area contributed by atoms with Crippen LogP contribution in [0.15, 0.2) is 30.3 Å². The van der Waals surface area contributed by atoms with E-state index in [1.807, 2.05) is 0 Å². The van der Waals surface area contributed by atoms with Crippen molar-refractivity contribution in [1.82, 2.24) is 0 Å². The lowest BCUT2D eigenvalue weighted by molar-refractivity contribution is -0.384. The lowest BCUT2D eigenvalue weighted by atomic mass is 10.1. The topological polar surface area (TPSA) is 118 Å². The van der Waals surface area contributed by atoms with Gasteiger partial charge in [-0.3, -0.25) is 14.9 Å². The summed E-state index contributed by atoms with van der Waals surface area (Å²) < 4.78 is 0. The second-order valence-electron chi connectivity index (χ2n) is 3.00. The van der Waals surface area contributed by atoms with Crippen LogP contribution in [0.5, 0.6) is 0 Å². The monoisotopic (exact) mass is 237 g/mol. The van der Waals surface area contributed by atoms with E-state index in [-0.39, 0.29) is 11.3 Å². The minimum absolute atomic E-state index is 0.116. The molecular formula is C10H7NO6. The molecule has 0 atom stereocenters. The normalized spacial score (nSPS) is 10.9. The highest BCUT2D eigenvalue weighted by atomic mass is 16.6. The molecule has 2 N–H and O–H groups in total. The van der Waals surface area contributed by atoms with Crippen molar-refractivity contribution in [2.24, 2.45) is 0 Å². The smallest absolute Gasteiger partial charge is 0.376 e. The number of nitro groups is 1. The minimum Gasteiger partial charge on any atom is -0.507 e. The second-order valence-corrected chi connectivity index (χ2v) is 3.00. The van der Waals surface area contributed by atoms with Gasteiger partial charge in [-0.2, -0.15) is 0 Å². The van der Waals surface area contributed by atoms with Crippen LogP contribution in [-0.4, -0.2) is 26.9 Å². The standard InChI is InChI=1S/C10H7NO6/c12-8(5-9(13)10(14)15)6-1-3-7(4-2-6)11(16)17/h1-5,12H,(H,14,15)/b8-5+. The summed E-state index contributed by atoms with van der Waals surface area (Å²) in [5.74, 6) is -3.54. The predicted molar refractivity (Wildman–Crippen MR) is 56.3 cm³/mol. The Labute approximate surface area is 94.8 Å². The van der Waals surface area contributed by atoms with Crippen molar-refractivity contribution in [3.05, 3.63) is 46.0 Å². The van der Waals surface area contributed by atoms with Crippen LogP contribution < -0.4 is 0 Å². The van der Waals surface area contributed by atoms with Gasteiger partial charge in [0.15, 0.2) is 0 Å². The lowest BCUT2D eigenvalue weighted by Gasteiger charge is -1.98. The third-order valence-corrected chi connectivity index (χ3v) is 1.85. The summed E-state index contributed by atoms with van der Waals surface area (Å²) in [7, 11) is 0. The maximum atomic E-state index is 10.8. The van der Waals surface area contributed by atoms with Crippen LogP contribution in [0, 0.1) is 10.1 Å². The number of non-ortho nitro benzene ring substituents is 1. The van der Waals surface area contributed by atoms with Crippen LogP contribution in [0.3, 0.4) is 0 Å². The van der Waals surface area contributed by atoms with E-state index in [9.17, 15) is 24.8 Å². The Bertz CT molecular complexity index is 502. The van der Waals surface area contributed by atoms with Gasteiger partial charge < -0.3 is 10.2 Å². The van der Waals surface area contributed by atoms with Crippen molar-refractivity contribution in [1.29, 1.82) is 0 Å². The zero-order valence-corrected chi connectivity index (χ0v) is 8.36. The Balaban J connectivity index is 2.97. The molecule has 0 unspecified atom stereocenters. The number of carboxylic acids is 1. The molecule has 1 aromatic carbocycles. The first-order valence-corrected chi connectivity index (χ1v) is 4.34. The van der Waals surface area contributed by atoms with Gasteiger partial charge in [0.25, 0.3) is 11.5 Å². The molecule has 0 aliphatic carbocycles. The Hall–Kier alpha value is -2.70. The highest BCUT2D eigenvalue weighted by Gasteiger charge is 2.11. The summed E-state index contributed by atoms with van der Waals surface area (Å²) in [6.07, 6.45) is 0.531. The van der Waals surface area contributed by atoms with Crippen LogP contribution >= 0.6 is 0 Å². The van der Waals surface area contributed by atoms with Gasteiger partial charge in [0.1, 0.15) is 5.76 Å². The largest absolute Gasteiger partial charge is 0.507 e. The van der Waals surface area contributed by atoms with Crippen LogP contribution in [0.4, 0.5) is 5.69 Å². The molecule has 0 radical (unpaired) electrons. The Morgan fingerprint density at radius 1 is 1.18 bits per heavy atom. The molecule has 0 aromatic heterocycles. The van der Waals surface area contributed by atoms with Crippen LogP contribution in [-0.2, 0) is 9.59 Å². The third kappa shape index (κ3) is 3.13. The fraction of sp³-hybridized carbons (Fsp3) is 0. The highest BCUT2D eigenvalue weighted by molar-refractivity contribution is 6.38. The molecule has 0 aliphatic heterocycles. The first-order chi connectivity index (χ1) is 7.91. The average Bonchev–Trinajstić information content (AvgIpc) is 2.28. The molecule has 0 amide bonds. The maximum absolute atomic E-state index is 10.8. The summed E-state index contributed by atoms with van der Waals surface area (Å²) >= 11 is 0. The highest BCUT2D eigenvalue weighted by Crippen LogP contribution is 2.16. The maximum Gasteiger partial charge on any atom is 0.376 e. The molecule has 0 aliphatic rings. The van der Waals surface area contributed by atoms with Gasteiger partial charge in [-0.15, -0.1) is 0 Å². The number of hydrogen-bond acceptors (Lipinski definition) is 5. The predicted octanol–water partition coefficient (Wildman–Crippen LogP) is 1.15. The zero-order chi connectivity index (χ0) is 13.0. The summed E-state index contributed by atoms with van der Waals surface area (Å²) in [6.45, 7) is 0. The molecule has 17 heavy (non-hydrogen) atoms.